The number of piperidine rings is 1. The molecule has 7 heteroatoms. The van der Waals surface area contributed by atoms with Gasteiger partial charge in [-0.25, -0.2) is 13.8 Å². The van der Waals surface area contributed by atoms with Crippen molar-refractivity contribution in [2.45, 2.75) is 44.9 Å². The van der Waals surface area contributed by atoms with E-state index in [0.717, 1.165) is 12.0 Å². The molecule has 6 nitrogen and oxygen atoms in total. The molecule has 0 bridgehead atoms. The lowest BCUT2D eigenvalue weighted by Crippen LogP contribution is -2.42. The highest BCUT2D eigenvalue weighted by molar-refractivity contribution is 7.89. The summed E-state index contributed by atoms with van der Waals surface area (Å²) in [5.41, 5.74) is 3.58. The summed E-state index contributed by atoms with van der Waals surface area (Å²) in [5, 5.41) is 3.95. The average molecular weight is 365 g/mol. The lowest BCUT2D eigenvalue weighted by molar-refractivity contribution is -0.126. The van der Waals surface area contributed by atoms with Gasteiger partial charge in [-0.1, -0.05) is 31.5 Å². The van der Waals surface area contributed by atoms with Crippen molar-refractivity contribution in [3.8, 4) is 0 Å². The second-order valence-electron chi connectivity index (χ2n) is 6.91. The van der Waals surface area contributed by atoms with Crippen molar-refractivity contribution < 1.29 is 13.2 Å². The SMILES string of the molecule is Cc1ccc(S(=O)(=O)N2CCC(C(=O)NN=CCC(C)C)CC2)cc1. The number of benzene rings is 1. The van der Waals surface area contributed by atoms with Gasteiger partial charge in [0.15, 0.2) is 0 Å². The fourth-order valence-corrected chi connectivity index (χ4v) is 4.15. The molecule has 1 N–H and O–H groups in total. The van der Waals surface area contributed by atoms with E-state index in [4.69, 9.17) is 0 Å². The van der Waals surface area contributed by atoms with Crippen LogP contribution in [0.15, 0.2) is 34.3 Å². The Hall–Kier alpha value is -1.73. The van der Waals surface area contributed by atoms with Crippen molar-refractivity contribution in [3.63, 3.8) is 0 Å². The smallest absolute Gasteiger partial charge is 0.243 e. The Morgan fingerprint density at radius 3 is 2.44 bits per heavy atom. The van der Waals surface area contributed by atoms with Crippen molar-refractivity contribution in [2.24, 2.45) is 16.9 Å². The topological polar surface area (TPSA) is 78.8 Å². The Morgan fingerprint density at radius 2 is 1.88 bits per heavy atom. The third kappa shape index (κ3) is 5.37. The Balaban J connectivity index is 1.89. The van der Waals surface area contributed by atoms with Gasteiger partial charge in [0.25, 0.3) is 0 Å². The molecule has 1 aromatic rings. The minimum absolute atomic E-state index is 0.132. The first-order chi connectivity index (χ1) is 11.8. The molecule has 1 saturated heterocycles. The quantitative estimate of drug-likeness (QED) is 0.621. The number of hydrogen-bond acceptors (Lipinski definition) is 4. The van der Waals surface area contributed by atoms with Gasteiger partial charge in [0.1, 0.15) is 0 Å². The summed E-state index contributed by atoms with van der Waals surface area (Å²) >= 11 is 0. The van der Waals surface area contributed by atoms with Crippen LogP contribution in [0.4, 0.5) is 0 Å². The summed E-state index contributed by atoms with van der Waals surface area (Å²) in [7, 11) is -3.49. The van der Waals surface area contributed by atoms with Gasteiger partial charge in [-0.15, -0.1) is 0 Å². The summed E-state index contributed by atoms with van der Waals surface area (Å²) in [6, 6.07) is 6.85. The molecule has 0 atom stereocenters. The highest BCUT2D eigenvalue weighted by atomic mass is 32.2. The van der Waals surface area contributed by atoms with Gasteiger partial charge in [0, 0.05) is 25.2 Å². The standard InChI is InChI=1S/C18H27N3O3S/c1-14(2)8-11-19-20-18(22)16-9-12-21(13-10-16)25(23,24)17-6-4-15(3)5-7-17/h4-7,11,14,16H,8-10,12-13H2,1-3H3,(H,20,22). The molecule has 0 saturated carbocycles. The van der Waals surface area contributed by atoms with Gasteiger partial charge in [0.2, 0.25) is 15.9 Å². The average Bonchev–Trinajstić information content (AvgIpc) is 2.59. The molecular weight excluding hydrogens is 338 g/mol. The lowest BCUT2D eigenvalue weighted by Gasteiger charge is -2.30. The van der Waals surface area contributed by atoms with Gasteiger partial charge in [-0.2, -0.15) is 9.41 Å². The van der Waals surface area contributed by atoms with Crippen LogP contribution < -0.4 is 5.43 Å². The lowest BCUT2D eigenvalue weighted by atomic mass is 9.98. The third-order valence-electron chi connectivity index (χ3n) is 4.33. The van der Waals surface area contributed by atoms with E-state index in [1.54, 1.807) is 30.5 Å². The van der Waals surface area contributed by atoms with Gasteiger partial charge in [-0.05, 0) is 44.2 Å². The Kier molecular flexibility index (Phi) is 6.72. The van der Waals surface area contributed by atoms with Crippen LogP contribution in [0, 0.1) is 18.8 Å². The van der Waals surface area contributed by atoms with Crippen LogP contribution in [0.25, 0.3) is 0 Å². The number of carbonyl (C=O) groups excluding carboxylic acids is 1. The maximum atomic E-state index is 12.7. The molecule has 25 heavy (non-hydrogen) atoms. The zero-order chi connectivity index (χ0) is 18.4. The number of carbonyl (C=O) groups is 1. The molecule has 0 aromatic heterocycles. The Labute approximate surface area is 150 Å². The largest absolute Gasteiger partial charge is 0.273 e. The molecule has 1 amide bonds. The summed E-state index contributed by atoms with van der Waals surface area (Å²) in [4.78, 5) is 12.4. The van der Waals surface area contributed by atoms with E-state index < -0.39 is 10.0 Å². The monoisotopic (exact) mass is 365 g/mol. The number of sulfonamides is 1. The maximum Gasteiger partial charge on any atom is 0.243 e. The summed E-state index contributed by atoms with van der Waals surface area (Å²) in [6.07, 6.45) is 3.54. The summed E-state index contributed by atoms with van der Waals surface area (Å²) in [5.74, 6) is 0.170. The van der Waals surface area contributed by atoms with E-state index >= 15 is 0 Å². The zero-order valence-corrected chi connectivity index (χ0v) is 15.9. The van der Waals surface area contributed by atoms with Crippen LogP contribution in [0.3, 0.4) is 0 Å². The molecular formula is C18H27N3O3S. The Morgan fingerprint density at radius 1 is 1.28 bits per heavy atom. The molecule has 1 aliphatic heterocycles. The first-order valence-corrected chi connectivity index (χ1v) is 10.1. The van der Waals surface area contributed by atoms with Gasteiger partial charge in [0.05, 0.1) is 4.90 Å². The minimum atomic E-state index is -3.49. The second kappa shape index (κ2) is 8.58. The van der Waals surface area contributed by atoms with E-state index in [1.165, 1.54) is 4.31 Å². The number of hydrazone groups is 1. The van der Waals surface area contributed by atoms with Crippen molar-refractivity contribution in [1.29, 1.82) is 0 Å². The molecule has 1 fully saturated rings. The van der Waals surface area contributed by atoms with E-state index in [2.05, 4.69) is 24.4 Å². The van der Waals surface area contributed by atoms with Crippen LogP contribution in [-0.2, 0) is 14.8 Å². The molecule has 0 spiro atoms. The number of hydrogen-bond donors (Lipinski definition) is 1. The predicted octanol–water partition coefficient (Wildman–Crippen LogP) is 2.54. The fraction of sp³-hybridized carbons (Fsp3) is 0.556. The van der Waals surface area contributed by atoms with Crippen LogP contribution in [0.2, 0.25) is 0 Å². The summed E-state index contributed by atoms with van der Waals surface area (Å²) < 4.78 is 26.8. The molecule has 0 unspecified atom stereocenters. The minimum Gasteiger partial charge on any atom is -0.273 e. The molecule has 138 valence electrons. The highest BCUT2D eigenvalue weighted by Crippen LogP contribution is 2.24. The summed E-state index contributed by atoms with van der Waals surface area (Å²) in [6.45, 7) is 6.79. The van der Waals surface area contributed by atoms with E-state index in [-0.39, 0.29) is 11.8 Å². The van der Waals surface area contributed by atoms with Crippen molar-refractivity contribution in [3.05, 3.63) is 29.8 Å². The Bertz CT molecular complexity index is 704. The van der Waals surface area contributed by atoms with Crippen molar-refractivity contribution in [2.75, 3.05) is 13.1 Å². The molecule has 0 aliphatic carbocycles. The fourth-order valence-electron chi connectivity index (χ4n) is 2.68. The first-order valence-electron chi connectivity index (χ1n) is 8.69. The zero-order valence-electron chi connectivity index (χ0n) is 15.1. The van der Waals surface area contributed by atoms with Crippen LogP contribution in [-0.4, -0.2) is 37.9 Å². The molecule has 0 radical (unpaired) electrons. The number of nitrogens with one attached hydrogen (secondary N) is 1. The second-order valence-corrected chi connectivity index (χ2v) is 8.85. The number of rotatable bonds is 6. The number of aryl methyl sites for hydroxylation is 1. The third-order valence-corrected chi connectivity index (χ3v) is 6.24. The van der Waals surface area contributed by atoms with Crippen molar-refractivity contribution in [1.82, 2.24) is 9.73 Å². The number of amides is 1. The molecule has 2 rings (SSSR count). The van der Waals surface area contributed by atoms with Gasteiger partial charge >= 0.3 is 0 Å². The molecule has 1 aliphatic rings. The maximum absolute atomic E-state index is 12.7. The highest BCUT2D eigenvalue weighted by Gasteiger charge is 2.31. The van der Waals surface area contributed by atoms with E-state index in [1.807, 2.05) is 6.92 Å². The van der Waals surface area contributed by atoms with E-state index in [0.29, 0.717) is 36.7 Å². The normalized spacial score (nSPS) is 17.3. The predicted molar refractivity (Wildman–Crippen MR) is 98.8 cm³/mol. The number of nitrogens with zero attached hydrogens (tertiary/aromatic N) is 2. The van der Waals surface area contributed by atoms with Gasteiger partial charge in [-0.3, -0.25) is 4.79 Å². The van der Waals surface area contributed by atoms with Crippen LogP contribution >= 0.6 is 0 Å². The van der Waals surface area contributed by atoms with Crippen LogP contribution in [0.1, 0.15) is 38.7 Å². The molecule has 1 heterocycles. The van der Waals surface area contributed by atoms with Gasteiger partial charge < -0.3 is 0 Å². The first kappa shape index (κ1) is 19.6. The van der Waals surface area contributed by atoms with E-state index in [9.17, 15) is 13.2 Å². The van der Waals surface area contributed by atoms with Crippen LogP contribution in [0.5, 0.6) is 0 Å². The van der Waals surface area contributed by atoms with Crippen molar-refractivity contribution >= 4 is 22.1 Å². The molecule has 1 aromatic carbocycles.